The van der Waals surface area contributed by atoms with E-state index in [1.807, 2.05) is 6.92 Å². The Morgan fingerprint density at radius 3 is 2.37 bits per heavy atom. The number of esters is 1. The van der Waals surface area contributed by atoms with Gasteiger partial charge in [-0.25, -0.2) is 4.79 Å². The van der Waals surface area contributed by atoms with E-state index in [4.69, 9.17) is 8.92 Å². The van der Waals surface area contributed by atoms with E-state index < -0.39 is 16.1 Å². The fourth-order valence-electron chi connectivity index (χ4n) is 1.12. The summed E-state index contributed by atoms with van der Waals surface area (Å²) < 4.78 is 32.3. The number of carbonyl (C=O) groups excluding carboxylic acids is 1. The molecule has 7 heteroatoms. The molecule has 0 aromatic rings. The second kappa shape index (κ2) is 11.9. The van der Waals surface area contributed by atoms with Crippen molar-refractivity contribution in [3.63, 3.8) is 0 Å². The molecule has 0 aromatic carbocycles. The van der Waals surface area contributed by atoms with Gasteiger partial charge < -0.3 is 6.16 Å². The van der Waals surface area contributed by atoms with Crippen LogP contribution in [0.3, 0.4) is 0 Å². The molecule has 0 amide bonds. The first-order valence-electron chi connectivity index (χ1n) is 6.08. The third kappa shape index (κ3) is 12.9. The molecule has 5 nitrogen and oxygen atoms in total. The van der Waals surface area contributed by atoms with Crippen molar-refractivity contribution in [3.05, 3.63) is 12.2 Å². The molecule has 0 aliphatic heterocycles. The zero-order valence-corrected chi connectivity index (χ0v) is 14.9. The monoisotopic (exact) mass is 302 g/mol. The number of hydrogen-bond donors (Lipinski definition) is 0. The molecule has 0 aliphatic rings. The Hall–Kier alpha value is 0.120. The summed E-state index contributed by atoms with van der Waals surface area (Å²) in [6.45, 7) is 7.16. The fourth-order valence-corrected chi connectivity index (χ4v) is 2.17. The van der Waals surface area contributed by atoms with Crippen LogP contribution in [-0.4, -0.2) is 33.4 Å². The van der Waals surface area contributed by atoms with Crippen molar-refractivity contribution in [2.45, 2.75) is 39.5 Å². The second-order valence-corrected chi connectivity index (χ2v) is 5.82. The Kier molecular flexibility index (Phi) is 13.4. The van der Waals surface area contributed by atoms with Crippen molar-refractivity contribution in [1.29, 1.82) is 0 Å². The maximum absolute atomic E-state index is 11.4. The molecule has 0 fully saturated rings. The smallest absolute Gasteiger partial charge is 1.00 e. The maximum atomic E-state index is 11.4. The van der Waals surface area contributed by atoms with Gasteiger partial charge >= 0.3 is 35.5 Å². The molecule has 0 bridgehead atoms. The minimum Gasteiger partial charge on any atom is -1.00 e. The average molecular weight is 302 g/mol. The third-order valence-corrected chi connectivity index (χ3v) is 3.45. The summed E-state index contributed by atoms with van der Waals surface area (Å²) in [5.41, 5.74) is 0.322. The van der Waals surface area contributed by atoms with Crippen molar-refractivity contribution in [1.82, 2.24) is 0 Å². The van der Waals surface area contributed by atoms with Crippen LogP contribution in [0.2, 0.25) is 0 Å². The van der Waals surface area contributed by atoms with Crippen LogP contribution in [0, 0.1) is 0 Å². The first-order valence-corrected chi connectivity index (χ1v) is 7.66. The summed E-state index contributed by atoms with van der Waals surface area (Å²) in [6, 6.07) is 0. The van der Waals surface area contributed by atoms with Gasteiger partial charge in [-0.3, -0.25) is 4.18 Å². The predicted octanol–water partition coefficient (Wildman–Crippen LogP) is -0.851. The number of ether oxygens (including phenoxy) is 1. The molecule has 108 valence electrons. The number of hydrogen-bond acceptors (Lipinski definition) is 5. The minimum atomic E-state index is -3.43. The van der Waals surface area contributed by atoms with Gasteiger partial charge in [-0.15, -0.1) is 0 Å². The molecule has 0 heterocycles. The Labute approximate surface area is 139 Å². The summed E-state index contributed by atoms with van der Waals surface area (Å²) in [5.74, 6) is -0.423. The quantitative estimate of drug-likeness (QED) is 0.173. The van der Waals surface area contributed by atoms with E-state index in [1.165, 1.54) is 0 Å². The van der Waals surface area contributed by atoms with Crippen LogP contribution >= 0.6 is 0 Å². The van der Waals surface area contributed by atoms with Crippen LogP contribution in [0.1, 0.15) is 41.0 Å². The molecular weight excluding hydrogens is 279 g/mol. The molecule has 0 unspecified atom stereocenters. The van der Waals surface area contributed by atoms with E-state index in [-0.39, 0.29) is 50.0 Å². The topological polar surface area (TPSA) is 69.7 Å². The van der Waals surface area contributed by atoms with Crippen molar-refractivity contribution >= 4 is 16.1 Å². The SMILES string of the molecule is C=C(C)C(=O)OCCCOS(=O)(=O)CCCCC.[H-].[Na+]. The number of unbranched alkanes of at least 4 members (excludes halogenated alkanes) is 2. The number of rotatable bonds is 10. The van der Waals surface area contributed by atoms with Gasteiger partial charge in [0.05, 0.1) is 19.0 Å². The predicted molar refractivity (Wildman–Crippen MR) is 70.8 cm³/mol. The normalized spacial score (nSPS) is 10.6. The Bertz CT molecular complexity index is 370. The van der Waals surface area contributed by atoms with Crippen LogP contribution in [0.4, 0.5) is 0 Å². The number of carbonyl (C=O) groups is 1. The third-order valence-electron chi connectivity index (χ3n) is 2.13. The first kappa shape index (κ1) is 21.4. The van der Waals surface area contributed by atoms with Crippen LogP contribution < -0.4 is 29.6 Å². The zero-order chi connectivity index (χ0) is 14.0. The van der Waals surface area contributed by atoms with E-state index in [0.717, 1.165) is 12.8 Å². The van der Waals surface area contributed by atoms with Crippen LogP contribution in [0.15, 0.2) is 12.2 Å². The Balaban J connectivity index is -0.00000144. The minimum absolute atomic E-state index is 0. The van der Waals surface area contributed by atoms with Crippen molar-refractivity contribution < 1.29 is 53.1 Å². The maximum Gasteiger partial charge on any atom is 1.00 e. The van der Waals surface area contributed by atoms with Crippen LogP contribution in [-0.2, 0) is 23.8 Å². The molecule has 0 atom stereocenters. The summed E-state index contributed by atoms with van der Waals surface area (Å²) in [7, 11) is -3.43. The van der Waals surface area contributed by atoms with Crippen molar-refractivity contribution in [2.75, 3.05) is 19.0 Å². The summed E-state index contributed by atoms with van der Waals surface area (Å²) in [4.78, 5) is 11.0. The molecule has 0 spiro atoms. The molecule has 19 heavy (non-hydrogen) atoms. The summed E-state index contributed by atoms with van der Waals surface area (Å²) in [5, 5.41) is 0. The zero-order valence-electron chi connectivity index (χ0n) is 13.1. The first-order chi connectivity index (χ1) is 8.39. The Morgan fingerprint density at radius 1 is 1.21 bits per heavy atom. The standard InChI is InChI=1S/C12H22O5S.Na.H/c1-4-5-6-10-18(14,15)17-9-7-8-16-12(13)11(2)3;;/h2,4-10H2,1,3H3;;/q;+1;-1. The van der Waals surface area contributed by atoms with E-state index in [1.54, 1.807) is 6.92 Å². The van der Waals surface area contributed by atoms with Crippen LogP contribution in [0.5, 0.6) is 0 Å². The fraction of sp³-hybridized carbons (Fsp3) is 0.750. The van der Waals surface area contributed by atoms with Gasteiger partial charge in [-0.05, 0) is 13.3 Å². The van der Waals surface area contributed by atoms with E-state index in [2.05, 4.69) is 6.58 Å². The molecular formula is C12H23NaO5S. The van der Waals surface area contributed by atoms with Gasteiger partial charge in [0.15, 0.2) is 0 Å². The van der Waals surface area contributed by atoms with Gasteiger partial charge in [-0.1, -0.05) is 26.3 Å². The van der Waals surface area contributed by atoms with Gasteiger partial charge in [0.1, 0.15) is 0 Å². The molecule has 0 rings (SSSR count). The average Bonchev–Trinajstić information content (AvgIpc) is 2.28. The molecule has 0 N–H and O–H groups in total. The summed E-state index contributed by atoms with van der Waals surface area (Å²) >= 11 is 0. The molecule has 0 radical (unpaired) electrons. The van der Waals surface area contributed by atoms with Crippen molar-refractivity contribution in [2.24, 2.45) is 0 Å². The van der Waals surface area contributed by atoms with Gasteiger partial charge in [0.2, 0.25) is 0 Å². The van der Waals surface area contributed by atoms with Gasteiger partial charge in [-0.2, -0.15) is 8.42 Å². The molecule has 0 saturated carbocycles. The second-order valence-electron chi connectivity index (χ2n) is 4.06. The Morgan fingerprint density at radius 2 is 1.84 bits per heavy atom. The largest absolute Gasteiger partial charge is 1.00 e. The summed E-state index contributed by atoms with van der Waals surface area (Å²) in [6.07, 6.45) is 2.81. The van der Waals surface area contributed by atoms with Gasteiger partial charge in [0, 0.05) is 12.0 Å². The van der Waals surface area contributed by atoms with Crippen LogP contribution in [0.25, 0.3) is 0 Å². The molecule has 0 aromatic heterocycles. The van der Waals surface area contributed by atoms with Gasteiger partial charge in [0.25, 0.3) is 10.1 Å². The molecule has 0 saturated heterocycles. The van der Waals surface area contributed by atoms with E-state index in [9.17, 15) is 13.2 Å². The van der Waals surface area contributed by atoms with E-state index in [0.29, 0.717) is 18.4 Å². The molecule has 0 aliphatic carbocycles. The van der Waals surface area contributed by atoms with E-state index >= 15 is 0 Å². The van der Waals surface area contributed by atoms with Crippen molar-refractivity contribution in [3.8, 4) is 0 Å².